The summed E-state index contributed by atoms with van der Waals surface area (Å²) in [5.74, 6) is -1.78. The molecular weight excluding hydrogens is 168 g/mol. The number of rotatable bonds is 1. The van der Waals surface area contributed by atoms with Crippen LogP contribution >= 0.6 is 0 Å². The molecular formula is C9H12N2O2. The molecule has 0 aliphatic carbocycles. The van der Waals surface area contributed by atoms with Crippen LogP contribution in [-0.4, -0.2) is 29.2 Å². The average Bonchev–Trinajstić information content (AvgIpc) is 2.09. The lowest BCUT2D eigenvalue weighted by Crippen LogP contribution is -2.48. The number of hydrogen-bond donors (Lipinski definition) is 0. The van der Waals surface area contributed by atoms with E-state index in [-0.39, 0.29) is 6.04 Å². The third kappa shape index (κ3) is 1.69. The highest BCUT2D eigenvalue weighted by Gasteiger charge is 2.35. The van der Waals surface area contributed by atoms with Gasteiger partial charge in [0.2, 0.25) is 5.78 Å². The van der Waals surface area contributed by atoms with Gasteiger partial charge in [-0.1, -0.05) is 0 Å². The van der Waals surface area contributed by atoms with E-state index >= 15 is 0 Å². The van der Waals surface area contributed by atoms with Crippen molar-refractivity contribution in [3.05, 3.63) is 0 Å². The number of carbonyl (C=O) groups is 2. The van der Waals surface area contributed by atoms with Gasteiger partial charge in [-0.3, -0.25) is 9.59 Å². The van der Waals surface area contributed by atoms with Crippen molar-refractivity contribution in [2.45, 2.75) is 26.3 Å². The minimum absolute atomic E-state index is 0.0380. The summed E-state index contributed by atoms with van der Waals surface area (Å²) in [4.78, 5) is 24.1. The van der Waals surface area contributed by atoms with Crippen molar-refractivity contribution in [2.24, 2.45) is 5.92 Å². The molecule has 1 rings (SSSR count). The zero-order valence-corrected chi connectivity index (χ0v) is 7.78. The normalized spacial score (nSPS) is 23.5. The Bertz CT molecular complexity index is 278. The Morgan fingerprint density at radius 1 is 1.54 bits per heavy atom. The van der Waals surface area contributed by atoms with E-state index in [4.69, 9.17) is 5.26 Å². The lowest BCUT2D eigenvalue weighted by molar-refractivity contribution is -0.150. The van der Waals surface area contributed by atoms with Crippen LogP contribution in [0.25, 0.3) is 0 Å². The van der Waals surface area contributed by atoms with Crippen molar-refractivity contribution in [2.75, 3.05) is 6.54 Å². The molecule has 0 radical (unpaired) electrons. The smallest absolute Gasteiger partial charge is 0.291 e. The van der Waals surface area contributed by atoms with E-state index in [1.165, 1.54) is 4.90 Å². The van der Waals surface area contributed by atoms with E-state index < -0.39 is 17.6 Å². The van der Waals surface area contributed by atoms with Crippen LogP contribution < -0.4 is 0 Å². The molecule has 4 nitrogen and oxygen atoms in total. The molecule has 0 spiro atoms. The van der Waals surface area contributed by atoms with Gasteiger partial charge >= 0.3 is 0 Å². The highest BCUT2D eigenvalue weighted by molar-refractivity contribution is 6.38. The molecule has 1 fully saturated rings. The van der Waals surface area contributed by atoms with Crippen molar-refractivity contribution in [1.29, 1.82) is 5.26 Å². The Labute approximate surface area is 77.1 Å². The van der Waals surface area contributed by atoms with Crippen LogP contribution in [0, 0.1) is 17.2 Å². The van der Waals surface area contributed by atoms with Gasteiger partial charge in [0, 0.05) is 12.6 Å². The van der Waals surface area contributed by atoms with Crippen molar-refractivity contribution < 1.29 is 9.59 Å². The molecule has 70 valence electrons. The number of nitriles is 1. The predicted octanol–water partition coefficient (Wildman–Crippen LogP) is 0.336. The Balaban J connectivity index is 2.78. The molecule has 1 heterocycles. The third-order valence-electron chi connectivity index (χ3n) is 2.23. The number of nitrogens with zero attached hydrogens (tertiary/aromatic N) is 2. The van der Waals surface area contributed by atoms with Gasteiger partial charge in [-0.15, -0.1) is 0 Å². The first kappa shape index (κ1) is 9.72. The highest BCUT2D eigenvalue weighted by Crippen LogP contribution is 2.16. The van der Waals surface area contributed by atoms with Gasteiger partial charge in [-0.25, -0.2) is 0 Å². The molecule has 0 N–H and O–H groups in total. The summed E-state index contributed by atoms with van der Waals surface area (Å²) in [5.41, 5.74) is 0. The van der Waals surface area contributed by atoms with E-state index in [1.54, 1.807) is 0 Å². The number of hydrogen-bond acceptors (Lipinski definition) is 3. The van der Waals surface area contributed by atoms with Crippen LogP contribution in [0.4, 0.5) is 0 Å². The number of ketones is 1. The number of likely N-dealkylation sites (tertiary alicyclic amines) is 1. The third-order valence-corrected chi connectivity index (χ3v) is 2.23. The van der Waals surface area contributed by atoms with E-state index in [2.05, 4.69) is 0 Å². The second-order valence-corrected chi connectivity index (χ2v) is 3.43. The molecule has 1 amide bonds. The number of piperidine rings is 1. The minimum Gasteiger partial charge on any atom is -0.334 e. The molecule has 1 atom stereocenters. The number of Topliss-reactive ketones (excluding diaryl/α,β-unsaturated/α-hetero) is 1. The fourth-order valence-corrected chi connectivity index (χ4v) is 1.41. The molecule has 4 heteroatoms. The lowest BCUT2D eigenvalue weighted by Gasteiger charge is -2.30. The number of carbonyl (C=O) groups excluding carboxylic acids is 2. The molecule has 0 saturated carbocycles. The monoisotopic (exact) mass is 180 g/mol. The second-order valence-electron chi connectivity index (χ2n) is 3.43. The summed E-state index contributed by atoms with van der Waals surface area (Å²) in [6.07, 6.45) is 0.471. The zero-order valence-electron chi connectivity index (χ0n) is 7.78. The fourth-order valence-electron chi connectivity index (χ4n) is 1.41. The molecule has 0 aromatic carbocycles. The van der Waals surface area contributed by atoms with Crippen molar-refractivity contribution in [1.82, 2.24) is 4.90 Å². The van der Waals surface area contributed by atoms with Crippen LogP contribution in [0.3, 0.4) is 0 Å². The number of amides is 1. The molecule has 13 heavy (non-hydrogen) atoms. The van der Waals surface area contributed by atoms with Crippen LogP contribution in [-0.2, 0) is 9.59 Å². The van der Waals surface area contributed by atoms with Crippen LogP contribution in [0.5, 0.6) is 0 Å². The molecule has 0 bridgehead atoms. The summed E-state index contributed by atoms with van der Waals surface area (Å²) in [6, 6.07) is 1.88. The maximum absolute atomic E-state index is 11.4. The standard InChI is InChI=1S/C9H12N2O2/c1-6(2)11-4-3-7(5-10)8(12)9(11)13/h6-7H,3-4H2,1-2H3. The molecule has 0 aromatic rings. The van der Waals surface area contributed by atoms with Crippen LogP contribution in [0.15, 0.2) is 0 Å². The van der Waals surface area contributed by atoms with Crippen molar-refractivity contribution in [3.63, 3.8) is 0 Å². The maximum Gasteiger partial charge on any atom is 0.291 e. The molecule has 1 aliphatic rings. The van der Waals surface area contributed by atoms with Gasteiger partial charge in [-0.05, 0) is 20.3 Å². The topological polar surface area (TPSA) is 61.2 Å². The lowest BCUT2D eigenvalue weighted by atomic mass is 9.95. The quantitative estimate of drug-likeness (QED) is 0.546. The maximum atomic E-state index is 11.4. The fraction of sp³-hybridized carbons (Fsp3) is 0.667. The largest absolute Gasteiger partial charge is 0.334 e. The second kappa shape index (κ2) is 3.56. The first-order valence-electron chi connectivity index (χ1n) is 4.32. The highest BCUT2D eigenvalue weighted by atomic mass is 16.2. The van der Waals surface area contributed by atoms with Crippen molar-refractivity contribution in [3.8, 4) is 6.07 Å². The Morgan fingerprint density at radius 3 is 2.62 bits per heavy atom. The first-order chi connectivity index (χ1) is 6.07. The predicted molar refractivity (Wildman–Crippen MR) is 45.6 cm³/mol. The summed E-state index contributed by atoms with van der Waals surface area (Å²) in [7, 11) is 0. The van der Waals surface area contributed by atoms with Gasteiger partial charge < -0.3 is 4.90 Å². The SMILES string of the molecule is CC(C)N1CCC(C#N)C(=O)C1=O. The Morgan fingerprint density at radius 2 is 2.15 bits per heavy atom. The summed E-state index contributed by atoms with van der Waals surface area (Å²) in [6.45, 7) is 4.23. The summed E-state index contributed by atoms with van der Waals surface area (Å²) >= 11 is 0. The van der Waals surface area contributed by atoms with Gasteiger partial charge in [-0.2, -0.15) is 5.26 Å². The Hall–Kier alpha value is -1.37. The zero-order chi connectivity index (χ0) is 10.0. The molecule has 1 saturated heterocycles. The van der Waals surface area contributed by atoms with Gasteiger partial charge in [0.15, 0.2) is 0 Å². The molecule has 1 aliphatic heterocycles. The minimum atomic E-state index is -0.720. The van der Waals surface area contributed by atoms with Crippen LogP contribution in [0.1, 0.15) is 20.3 Å². The van der Waals surface area contributed by atoms with E-state index in [1.807, 2.05) is 19.9 Å². The molecule has 0 aromatic heterocycles. The van der Waals surface area contributed by atoms with E-state index in [9.17, 15) is 9.59 Å². The van der Waals surface area contributed by atoms with E-state index in [0.29, 0.717) is 13.0 Å². The van der Waals surface area contributed by atoms with Gasteiger partial charge in [0.05, 0.1) is 6.07 Å². The first-order valence-corrected chi connectivity index (χ1v) is 4.32. The van der Waals surface area contributed by atoms with E-state index in [0.717, 1.165) is 0 Å². The summed E-state index contributed by atoms with van der Waals surface area (Å²) in [5, 5.41) is 8.56. The molecule has 1 unspecified atom stereocenters. The van der Waals surface area contributed by atoms with Crippen molar-refractivity contribution >= 4 is 11.7 Å². The summed E-state index contributed by atoms with van der Waals surface area (Å²) < 4.78 is 0. The van der Waals surface area contributed by atoms with Gasteiger partial charge in [0.25, 0.3) is 5.91 Å². The Kier molecular flexibility index (Phi) is 2.66. The van der Waals surface area contributed by atoms with Crippen LogP contribution in [0.2, 0.25) is 0 Å². The average molecular weight is 180 g/mol. The van der Waals surface area contributed by atoms with Gasteiger partial charge in [0.1, 0.15) is 5.92 Å².